The van der Waals surface area contributed by atoms with Crippen LogP contribution in [0.2, 0.25) is 4.34 Å². The van der Waals surface area contributed by atoms with Crippen molar-refractivity contribution in [1.29, 1.82) is 0 Å². The monoisotopic (exact) mass is 245 g/mol. The van der Waals surface area contributed by atoms with Gasteiger partial charge in [0.25, 0.3) is 0 Å². The third-order valence-corrected chi connectivity index (χ3v) is 3.36. The first-order valence-corrected chi connectivity index (χ1v) is 5.48. The molecule has 80 valence electrons. The lowest BCUT2D eigenvalue weighted by Crippen LogP contribution is -2.28. The van der Waals surface area contributed by atoms with Crippen LogP contribution in [0.4, 0.5) is 5.13 Å². The van der Waals surface area contributed by atoms with Gasteiger partial charge in [-0.25, -0.2) is 4.98 Å². The summed E-state index contributed by atoms with van der Waals surface area (Å²) in [5.41, 5.74) is 5.14. The third-order valence-electron chi connectivity index (χ3n) is 2.22. The largest absolute Gasteiger partial charge is 0.369 e. The number of anilines is 1. The topological polar surface area (TPSA) is 76.3 Å². The molecule has 1 fully saturated rings. The van der Waals surface area contributed by atoms with Crippen LogP contribution in [0, 0.1) is 5.92 Å². The number of primary amides is 1. The molecule has 1 aromatic heterocycles. The fourth-order valence-corrected chi connectivity index (χ4v) is 2.38. The molecule has 0 aliphatic carbocycles. The van der Waals surface area contributed by atoms with Crippen molar-refractivity contribution in [1.82, 2.24) is 4.98 Å². The van der Waals surface area contributed by atoms with E-state index in [0.29, 0.717) is 16.0 Å². The Morgan fingerprint density at radius 2 is 2.47 bits per heavy atom. The number of rotatable bonds is 2. The quantitative estimate of drug-likeness (QED) is 0.831. The summed E-state index contributed by atoms with van der Waals surface area (Å²) in [5, 5.41) is 0.522. The fourth-order valence-electron chi connectivity index (χ4n) is 1.45. The third kappa shape index (κ3) is 1.95. The molecule has 1 unspecified atom stereocenters. The Kier molecular flexibility index (Phi) is 2.62. The average Bonchev–Trinajstić information content (AvgIpc) is 2.71. The van der Waals surface area contributed by atoms with Crippen molar-refractivity contribution in [2.24, 2.45) is 11.7 Å². The second kappa shape index (κ2) is 3.79. The molecule has 1 aliphatic rings. The van der Waals surface area contributed by atoms with Gasteiger partial charge in [0.15, 0.2) is 5.13 Å². The van der Waals surface area contributed by atoms with E-state index in [2.05, 4.69) is 4.98 Å². The molecule has 15 heavy (non-hydrogen) atoms. The molecule has 1 atom stereocenters. The predicted molar refractivity (Wildman–Crippen MR) is 56.8 cm³/mol. The van der Waals surface area contributed by atoms with Crippen molar-refractivity contribution in [2.45, 2.75) is 6.42 Å². The Labute approximate surface area is 94.8 Å². The zero-order valence-corrected chi connectivity index (χ0v) is 9.22. The molecule has 0 aromatic carbocycles. The normalized spacial score (nSPS) is 21.0. The number of nitrogens with two attached hydrogens (primary N) is 1. The average molecular weight is 246 g/mol. The van der Waals surface area contributed by atoms with Crippen LogP contribution in [0.15, 0.2) is 6.20 Å². The minimum Gasteiger partial charge on any atom is -0.369 e. The van der Waals surface area contributed by atoms with E-state index in [1.165, 1.54) is 22.4 Å². The van der Waals surface area contributed by atoms with E-state index < -0.39 is 11.8 Å². The summed E-state index contributed by atoms with van der Waals surface area (Å²) >= 11 is 6.92. The molecule has 0 spiro atoms. The van der Waals surface area contributed by atoms with Gasteiger partial charge in [-0.2, -0.15) is 0 Å². The van der Waals surface area contributed by atoms with E-state index in [1.54, 1.807) is 0 Å². The summed E-state index contributed by atoms with van der Waals surface area (Å²) in [6.07, 6.45) is 1.64. The summed E-state index contributed by atoms with van der Waals surface area (Å²) in [6.45, 7) is 0.304. The second-order valence-electron chi connectivity index (χ2n) is 3.25. The van der Waals surface area contributed by atoms with Crippen LogP contribution in [0.25, 0.3) is 0 Å². The number of hydrogen-bond acceptors (Lipinski definition) is 4. The lowest BCUT2D eigenvalue weighted by Gasteiger charge is -2.11. The molecule has 5 nitrogen and oxygen atoms in total. The Hall–Kier alpha value is -1.14. The smallest absolute Gasteiger partial charge is 0.229 e. The van der Waals surface area contributed by atoms with E-state index in [4.69, 9.17) is 17.3 Å². The first-order valence-electron chi connectivity index (χ1n) is 4.29. The van der Waals surface area contributed by atoms with Crippen LogP contribution in [-0.4, -0.2) is 23.3 Å². The van der Waals surface area contributed by atoms with Gasteiger partial charge in [0.1, 0.15) is 4.34 Å². The van der Waals surface area contributed by atoms with Crippen molar-refractivity contribution >= 4 is 39.9 Å². The molecule has 2 heterocycles. The van der Waals surface area contributed by atoms with Gasteiger partial charge in [0.2, 0.25) is 11.8 Å². The van der Waals surface area contributed by atoms with E-state index in [1.807, 2.05) is 0 Å². The fraction of sp³-hybridized carbons (Fsp3) is 0.375. The highest BCUT2D eigenvalue weighted by atomic mass is 35.5. The van der Waals surface area contributed by atoms with E-state index in [9.17, 15) is 9.59 Å². The number of hydrogen-bond donors (Lipinski definition) is 1. The van der Waals surface area contributed by atoms with Crippen molar-refractivity contribution in [3.63, 3.8) is 0 Å². The van der Waals surface area contributed by atoms with E-state index in [-0.39, 0.29) is 12.3 Å². The van der Waals surface area contributed by atoms with Crippen LogP contribution in [0.3, 0.4) is 0 Å². The molecule has 1 aromatic rings. The zero-order valence-electron chi connectivity index (χ0n) is 7.64. The van der Waals surface area contributed by atoms with Crippen LogP contribution in [-0.2, 0) is 9.59 Å². The predicted octanol–water partition coefficient (Wildman–Crippen LogP) is 0.635. The van der Waals surface area contributed by atoms with Gasteiger partial charge in [-0.1, -0.05) is 22.9 Å². The van der Waals surface area contributed by atoms with Crippen molar-refractivity contribution in [3.05, 3.63) is 10.5 Å². The lowest BCUT2D eigenvalue weighted by molar-refractivity contribution is -0.123. The molecule has 0 bridgehead atoms. The molecule has 2 rings (SSSR count). The minimum atomic E-state index is -0.450. The number of carbonyl (C=O) groups is 2. The summed E-state index contributed by atoms with van der Waals surface area (Å²) < 4.78 is 0.514. The van der Waals surface area contributed by atoms with Crippen molar-refractivity contribution in [2.75, 3.05) is 11.4 Å². The van der Waals surface area contributed by atoms with Gasteiger partial charge in [-0.3, -0.25) is 14.5 Å². The Bertz CT molecular complexity index is 420. The molecule has 0 saturated carbocycles. The second-order valence-corrected chi connectivity index (χ2v) is 4.90. The number of amides is 2. The van der Waals surface area contributed by atoms with Crippen LogP contribution >= 0.6 is 22.9 Å². The zero-order chi connectivity index (χ0) is 11.0. The number of nitrogens with zero attached hydrogens (tertiary/aromatic N) is 2. The molecule has 1 saturated heterocycles. The molecule has 2 N–H and O–H groups in total. The number of halogens is 1. The van der Waals surface area contributed by atoms with Crippen molar-refractivity contribution < 1.29 is 9.59 Å². The van der Waals surface area contributed by atoms with E-state index >= 15 is 0 Å². The van der Waals surface area contributed by atoms with Crippen LogP contribution in [0.5, 0.6) is 0 Å². The molecular formula is C8H8ClN3O2S. The summed E-state index contributed by atoms with van der Waals surface area (Å²) in [5.74, 6) is -1.00. The highest BCUT2D eigenvalue weighted by Crippen LogP contribution is 2.30. The molecule has 7 heteroatoms. The first kappa shape index (κ1) is 10.4. The molecular weight excluding hydrogens is 238 g/mol. The highest BCUT2D eigenvalue weighted by Gasteiger charge is 2.35. The van der Waals surface area contributed by atoms with Gasteiger partial charge in [-0.15, -0.1) is 0 Å². The standard InChI is InChI=1S/C8H8ClN3O2S/c9-5-2-11-8(15-5)12-3-4(7(10)14)1-6(12)13/h2,4H,1,3H2,(H2,10,14). The number of thiazole rings is 1. The minimum absolute atomic E-state index is 0.134. The van der Waals surface area contributed by atoms with E-state index in [0.717, 1.165) is 0 Å². The molecule has 0 radical (unpaired) electrons. The maximum Gasteiger partial charge on any atom is 0.229 e. The Morgan fingerprint density at radius 1 is 1.73 bits per heavy atom. The van der Waals surface area contributed by atoms with Crippen LogP contribution < -0.4 is 10.6 Å². The maximum absolute atomic E-state index is 11.5. The van der Waals surface area contributed by atoms with Gasteiger partial charge in [0, 0.05) is 13.0 Å². The molecule has 1 aliphatic heterocycles. The Balaban J connectivity index is 2.18. The maximum atomic E-state index is 11.5. The van der Waals surface area contributed by atoms with Crippen LogP contribution in [0.1, 0.15) is 6.42 Å². The lowest BCUT2D eigenvalue weighted by atomic mass is 10.1. The SMILES string of the molecule is NC(=O)C1CC(=O)N(c2ncc(Cl)s2)C1. The van der Waals surface area contributed by atoms with Gasteiger partial charge >= 0.3 is 0 Å². The van der Waals surface area contributed by atoms with Gasteiger partial charge in [-0.05, 0) is 0 Å². The summed E-state index contributed by atoms with van der Waals surface area (Å²) in [4.78, 5) is 27.9. The first-order chi connectivity index (χ1) is 7.08. The highest BCUT2D eigenvalue weighted by molar-refractivity contribution is 7.19. The summed E-state index contributed by atoms with van der Waals surface area (Å²) in [7, 11) is 0. The Morgan fingerprint density at radius 3 is 2.93 bits per heavy atom. The van der Waals surface area contributed by atoms with Gasteiger partial charge < -0.3 is 5.73 Å². The number of aromatic nitrogens is 1. The summed E-state index contributed by atoms with van der Waals surface area (Å²) in [6, 6.07) is 0. The number of carbonyl (C=O) groups excluding carboxylic acids is 2. The van der Waals surface area contributed by atoms with Gasteiger partial charge in [0.05, 0.1) is 12.1 Å². The molecule has 2 amide bonds. The van der Waals surface area contributed by atoms with Crippen molar-refractivity contribution in [3.8, 4) is 0 Å².